The molecule has 0 bridgehead atoms. The van der Waals surface area contributed by atoms with Crippen molar-refractivity contribution in [2.24, 2.45) is 5.84 Å². The van der Waals surface area contributed by atoms with Gasteiger partial charge < -0.3 is 19.6 Å². The van der Waals surface area contributed by atoms with Crippen molar-refractivity contribution in [1.29, 1.82) is 0 Å². The fraction of sp³-hybridized carbons (Fsp3) is 0.400. The van der Waals surface area contributed by atoms with E-state index in [9.17, 15) is 0 Å². The van der Waals surface area contributed by atoms with Crippen LogP contribution in [0.4, 0.5) is 5.82 Å². The summed E-state index contributed by atoms with van der Waals surface area (Å²) in [5.74, 6) is 7.98. The lowest BCUT2D eigenvalue weighted by molar-refractivity contribution is 0.327. The summed E-state index contributed by atoms with van der Waals surface area (Å²) in [5, 5.41) is 0.873. The maximum atomic E-state index is 5.57. The van der Waals surface area contributed by atoms with E-state index in [-0.39, 0.29) is 0 Å². The number of nitrogen functional groups attached to an aromatic ring is 1. The lowest BCUT2D eigenvalue weighted by atomic mass is 10.1. The van der Waals surface area contributed by atoms with E-state index in [1.165, 1.54) is 0 Å². The molecule has 0 unspecified atom stereocenters. The Kier molecular flexibility index (Phi) is 4.70. The fourth-order valence-corrected chi connectivity index (χ4v) is 2.42. The highest BCUT2D eigenvalue weighted by atomic mass is 16.5. The Balaban J connectivity index is 2.79. The van der Waals surface area contributed by atoms with Gasteiger partial charge in [0.15, 0.2) is 11.5 Å². The lowest BCUT2D eigenvalue weighted by Gasteiger charge is -2.16. The van der Waals surface area contributed by atoms with Crippen molar-refractivity contribution in [3.05, 3.63) is 17.7 Å². The Bertz CT molecular complexity index is 644. The predicted molar refractivity (Wildman–Crippen MR) is 83.2 cm³/mol. The molecule has 0 spiro atoms. The number of hydrogen-bond acceptors (Lipinski definition) is 6. The number of hydrazine groups is 1. The van der Waals surface area contributed by atoms with Crippen LogP contribution in [-0.4, -0.2) is 26.3 Å². The van der Waals surface area contributed by atoms with Gasteiger partial charge in [0.2, 0.25) is 5.75 Å². The highest BCUT2D eigenvalue weighted by molar-refractivity contribution is 5.92. The van der Waals surface area contributed by atoms with Crippen molar-refractivity contribution < 1.29 is 14.2 Å². The zero-order valence-electron chi connectivity index (χ0n) is 12.8. The molecule has 6 nitrogen and oxygen atoms in total. The summed E-state index contributed by atoms with van der Waals surface area (Å²) in [6, 6.07) is 3.84. The van der Waals surface area contributed by atoms with Gasteiger partial charge in [-0.15, -0.1) is 0 Å². The number of nitrogens with zero attached hydrogens (tertiary/aromatic N) is 1. The van der Waals surface area contributed by atoms with Crippen molar-refractivity contribution in [2.45, 2.75) is 19.8 Å². The van der Waals surface area contributed by atoms with Crippen LogP contribution in [0.2, 0.25) is 0 Å². The number of aromatic nitrogens is 1. The van der Waals surface area contributed by atoms with Crippen molar-refractivity contribution in [2.75, 3.05) is 26.8 Å². The molecule has 0 saturated carbocycles. The number of anilines is 1. The molecule has 0 aliphatic carbocycles. The molecule has 2 aromatic rings. The maximum absolute atomic E-state index is 5.57. The molecular weight excluding hydrogens is 270 g/mol. The molecule has 2 rings (SSSR count). The van der Waals surface area contributed by atoms with Crippen LogP contribution in [0, 0.1) is 0 Å². The van der Waals surface area contributed by atoms with Crippen molar-refractivity contribution in [3.63, 3.8) is 0 Å². The highest BCUT2D eigenvalue weighted by Gasteiger charge is 2.18. The number of pyridine rings is 1. The van der Waals surface area contributed by atoms with Crippen LogP contribution < -0.4 is 25.5 Å². The summed E-state index contributed by atoms with van der Waals surface area (Å²) >= 11 is 0. The van der Waals surface area contributed by atoms with Gasteiger partial charge in [0.05, 0.1) is 26.8 Å². The first-order valence-corrected chi connectivity index (χ1v) is 6.79. The Morgan fingerprint density at radius 1 is 1.10 bits per heavy atom. The van der Waals surface area contributed by atoms with Gasteiger partial charge in [-0.05, 0) is 18.1 Å². The number of fused-ring (bicyclic) bond motifs is 1. The lowest BCUT2D eigenvalue weighted by Crippen LogP contribution is -2.11. The number of nitrogens with one attached hydrogen (secondary N) is 1. The first-order valence-electron chi connectivity index (χ1n) is 6.79. The minimum absolute atomic E-state index is 0.560. The molecule has 1 aromatic heterocycles. The maximum Gasteiger partial charge on any atom is 0.204 e. The molecular formula is C15H21N3O3. The average molecular weight is 291 g/mol. The Morgan fingerprint density at radius 3 is 2.33 bits per heavy atom. The third-order valence-corrected chi connectivity index (χ3v) is 3.36. The molecule has 0 amide bonds. The number of rotatable bonds is 6. The Labute approximate surface area is 124 Å². The van der Waals surface area contributed by atoms with E-state index in [4.69, 9.17) is 20.1 Å². The second-order valence-corrected chi connectivity index (χ2v) is 4.60. The summed E-state index contributed by atoms with van der Waals surface area (Å²) < 4.78 is 16.2. The third-order valence-electron chi connectivity index (χ3n) is 3.36. The predicted octanol–water partition coefficient (Wildman–Crippen LogP) is 2.50. The first-order chi connectivity index (χ1) is 10.2. The van der Waals surface area contributed by atoms with E-state index in [0.717, 1.165) is 29.3 Å². The second-order valence-electron chi connectivity index (χ2n) is 4.60. The minimum Gasteiger partial charge on any atom is -0.493 e. The summed E-state index contributed by atoms with van der Waals surface area (Å²) in [6.07, 6.45) is 1.87. The Morgan fingerprint density at radius 2 is 1.81 bits per heavy atom. The van der Waals surface area contributed by atoms with E-state index < -0.39 is 0 Å². The van der Waals surface area contributed by atoms with Crippen LogP contribution in [0.5, 0.6) is 17.2 Å². The van der Waals surface area contributed by atoms with Gasteiger partial charge in [0.25, 0.3) is 0 Å². The van der Waals surface area contributed by atoms with Crippen molar-refractivity contribution in [1.82, 2.24) is 4.98 Å². The zero-order chi connectivity index (χ0) is 15.4. The van der Waals surface area contributed by atoms with Crippen molar-refractivity contribution >= 4 is 16.7 Å². The summed E-state index contributed by atoms with van der Waals surface area (Å²) in [6.45, 7) is 2.11. The summed E-state index contributed by atoms with van der Waals surface area (Å²) in [4.78, 5) is 4.55. The van der Waals surface area contributed by atoms with E-state index in [2.05, 4.69) is 17.3 Å². The van der Waals surface area contributed by atoms with Crippen molar-refractivity contribution in [3.8, 4) is 17.2 Å². The van der Waals surface area contributed by atoms with E-state index in [1.54, 1.807) is 21.3 Å². The highest BCUT2D eigenvalue weighted by Crippen LogP contribution is 2.43. The van der Waals surface area contributed by atoms with E-state index in [1.807, 2.05) is 12.1 Å². The number of benzene rings is 1. The van der Waals surface area contributed by atoms with E-state index in [0.29, 0.717) is 23.1 Å². The number of hydrogen-bond donors (Lipinski definition) is 2. The number of nitrogens with two attached hydrogens (primary N) is 1. The number of ether oxygens (including phenoxy) is 3. The molecule has 6 heteroatoms. The normalized spacial score (nSPS) is 10.5. The molecule has 114 valence electrons. The molecule has 1 heterocycles. The molecule has 0 aliphatic heterocycles. The second kappa shape index (κ2) is 6.49. The van der Waals surface area contributed by atoms with Gasteiger partial charge in [-0.25, -0.2) is 10.8 Å². The monoisotopic (exact) mass is 291 g/mol. The molecule has 0 radical (unpaired) electrons. The summed E-state index contributed by atoms with van der Waals surface area (Å²) in [5.41, 5.74) is 4.43. The van der Waals surface area contributed by atoms with Crippen LogP contribution in [0.25, 0.3) is 10.9 Å². The molecule has 0 aliphatic rings. The largest absolute Gasteiger partial charge is 0.493 e. The van der Waals surface area contributed by atoms with Crippen LogP contribution in [0.3, 0.4) is 0 Å². The Hall–Kier alpha value is -2.21. The average Bonchev–Trinajstić information content (AvgIpc) is 2.52. The number of aryl methyl sites for hydroxylation is 1. The topological polar surface area (TPSA) is 78.6 Å². The van der Waals surface area contributed by atoms with Gasteiger partial charge in [-0.1, -0.05) is 13.3 Å². The van der Waals surface area contributed by atoms with Gasteiger partial charge in [-0.3, -0.25) is 0 Å². The van der Waals surface area contributed by atoms with Gasteiger partial charge in [0.1, 0.15) is 5.82 Å². The molecule has 21 heavy (non-hydrogen) atoms. The van der Waals surface area contributed by atoms with E-state index >= 15 is 0 Å². The third kappa shape index (κ3) is 2.67. The fourth-order valence-electron chi connectivity index (χ4n) is 2.42. The quantitative estimate of drug-likeness (QED) is 0.629. The van der Waals surface area contributed by atoms with Crippen LogP contribution in [0.1, 0.15) is 18.9 Å². The molecule has 0 fully saturated rings. The summed E-state index contributed by atoms with van der Waals surface area (Å²) in [7, 11) is 4.77. The van der Waals surface area contributed by atoms with Crippen LogP contribution in [0.15, 0.2) is 12.1 Å². The van der Waals surface area contributed by atoms with Gasteiger partial charge >= 0.3 is 0 Å². The smallest absolute Gasteiger partial charge is 0.204 e. The first kappa shape index (κ1) is 15.2. The number of methoxy groups -OCH3 is 3. The molecule has 3 N–H and O–H groups in total. The minimum atomic E-state index is 0.560. The van der Waals surface area contributed by atoms with Gasteiger partial charge in [0, 0.05) is 11.5 Å². The SMILES string of the molecule is CCCc1cc2c(OC)c(OC)c(OC)cc2nc1NN. The van der Waals surface area contributed by atoms with Crippen LogP contribution >= 0.6 is 0 Å². The van der Waals surface area contributed by atoms with Gasteiger partial charge in [-0.2, -0.15) is 0 Å². The molecule has 1 aromatic carbocycles. The molecule has 0 atom stereocenters. The molecule has 0 saturated heterocycles. The zero-order valence-corrected chi connectivity index (χ0v) is 12.8. The van der Waals surface area contributed by atoms with Crippen LogP contribution in [-0.2, 0) is 6.42 Å². The standard InChI is InChI=1S/C15H21N3O3/c1-5-6-9-7-10-11(17-15(9)18-16)8-12(19-2)14(21-4)13(10)20-3/h7-8H,5-6,16H2,1-4H3,(H,17,18).